The number of rotatable bonds is 22. The van der Waals surface area contributed by atoms with E-state index in [9.17, 15) is 24.9 Å². The van der Waals surface area contributed by atoms with Crippen molar-refractivity contribution < 1.29 is 53.7 Å². The molecule has 0 amide bonds. The van der Waals surface area contributed by atoms with Gasteiger partial charge in [-0.2, -0.15) is 0 Å². The largest absolute Gasteiger partial charge is 0.491 e. The van der Waals surface area contributed by atoms with Crippen molar-refractivity contribution in [1.82, 2.24) is 0 Å². The van der Waals surface area contributed by atoms with Crippen LogP contribution in [0.5, 0.6) is 11.5 Å². The Morgan fingerprint density at radius 1 is 0.786 bits per heavy atom. The van der Waals surface area contributed by atoms with Crippen molar-refractivity contribution in [2.24, 2.45) is 35.5 Å². The van der Waals surface area contributed by atoms with E-state index in [1.165, 1.54) is 0 Å². The summed E-state index contributed by atoms with van der Waals surface area (Å²) in [6, 6.07) is 16.4. The number of esters is 1. The second-order valence-corrected chi connectivity index (χ2v) is 16.7. The maximum atomic E-state index is 13.2. The molecule has 0 saturated heterocycles. The second kappa shape index (κ2) is 21.0. The van der Waals surface area contributed by atoms with E-state index in [-0.39, 0.29) is 68.1 Å². The van der Waals surface area contributed by atoms with E-state index in [1.54, 1.807) is 30.3 Å². The first kappa shape index (κ1) is 42.4. The number of aliphatic carboxylic acids is 1. The van der Waals surface area contributed by atoms with Crippen molar-refractivity contribution in [2.45, 2.75) is 114 Å². The molecule has 4 aliphatic carbocycles. The summed E-state index contributed by atoms with van der Waals surface area (Å²) < 4.78 is 29.9. The topological polar surface area (TPSA) is 161 Å². The highest BCUT2D eigenvalue weighted by atomic mass is 35.5. The normalized spacial score (nSPS) is 30.6. The molecule has 6 rings (SSSR count). The maximum Gasteiger partial charge on any atom is 0.306 e. The Morgan fingerprint density at radius 3 is 2.14 bits per heavy atom. The van der Waals surface area contributed by atoms with Crippen LogP contribution in [-0.2, 0) is 23.8 Å². The lowest BCUT2D eigenvalue weighted by molar-refractivity contribution is -0.152. The molecule has 4 fully saturated rings. The molecule has 2 aromatic carbocycles. The van der Waals surface area contributed by atoms with Crippen LogP contribution >= 0.6 is 11.6 Å². The van der Waals surface area contributed by atoms with Gasteiger partial charge in [-0.1, -0.05) is 42.0 Å². The average molecular weight is 799 g/mol. The predicted octanol–water partition coefficient (Wildman–Crippen LogP) is 6.64. The number of halogens is 1. The molecule has 0 radical (unpaired) electrons. The van der Waals surface area contributed by atoms with Gasteiger partial charge in [0.1, 0.15) is 36.9 Å². The molecule has 12 atom stereocenters. The van der Waals surface area contributed by atoms with Gasteiger partial charge in [-0.25, -0.2) is 0 Å². The minimum atomic E-state index is -0.821. The number of benzene rings is 2. The van der Waals surface area contributed by atoms with E-state index in [2.05, 4.69) is 0 Å². The van der Waals surface area contributed by atoms with Gasteiger partial charge in [0.15, 0.2) is 0 Å². The Kier molecular flexibility index (Phi) is 15.9. The van der Waals surface area contributed by atoms with Crippen molar-refractivity contribution in [1.29, 1.82) is 0 Å². The molecule has 4 N–H and O–H groups in total. The van der Waals surface area contributed by atoms with Gasteiger partial charge in [0.2, 0.25) is 0 Å². The number of carbonyl (C=O) groups is 2. The third-order valence-electron chi connectivity index (χ3n) is 12.3. The second-order valence-electron chi connectivity index (χ2n) is 16.3. The highest BCUT2D eigenvalue weighted by Gasteiger charge is 2.50. The molecule has 308 valence electrons. The number of para-hydroxylation sites is 1. The fourth-order valence-electron chi connectivity index (χ4n) is 9.70. The molecule has 0 bridgehead atoms. The fraction of sp³-hybridized carbons (Fsp3) is 0.636. The molecule has 0 spiro atoms. The van der Waals surface area contributed by atoms with Gasteiger partial charge in [0, 0.05) is 37.0 Å². The van der Waals surface area contributed by atoms with Crippen LogP contribution in [0.25, 0.3) is 0 Å². The monoisotopic (exact) mass is 798 g/mol. The number of fused-ring (bicyclic) bond motifs is 2. The van der Waals surface area contributed by atoms with Crippen molar-refractivity contribution in [2.75, 3.05) is 26.4 Å². The zero-order valence-electron chi connectivity index (χ0n) is 32.1. The number of hydrogen-bond acceptors (Lipinski definition) is 10. The summed E-state index contributed by atoms with van der Waals surface area (Å²) in [6.45, 7) is 1.17. The molecule has 4 unspecified atom stereocenters. The highest BCUT2D eigenvalue weighted by Crippen LogP contribution is 2.52. The van der Waals surface area contributed by atoms with Gasteiger partial charge >= 0.3 is 11.9 Å². The molecule has 0 heterocycles. The van der Waals surface area contributed by atoms with Gasteiger partial charge in [0.25, 0.3) is 0 Å². The van der Waals surface area contributed by atoms with Crippen LogP contribution < -0.4 is 9.47 Å². The lowest BCUT2D eigenvalue weighted by atomic mass is 9.87. The first-order valence-corrected chi connectivity index (χ1v) is 20.9. The van der Waals surface area contributed by atoms with Crippen molar-refractivity contribution in [3.05, 3.63) is 71.8 Å². The molecule has 0 aliphatic heterocycles. The van der Waals surface area contributed by atoms with Crippen LogP contribution in [0.3, 0.4) is 0 Å². The first-order chi connectivity index (χ1) is 27.1. The quantitative estimate of drug-likeness (QED) is 0.0575. The van der Waals surface area contributed by atoms with E-state index >= 15 is 0 Å². The maximum absolute atomic E-state index is 13.2. The van der Waals surface area contributed by atoms with Crippen LogP contribution in [0.4, 0.5) is 0 Å². The Hall–Kier alpha value is -3.19. The zero-order valence-corrected chi connectivity index (χ0v) is 32.9. The summed E-state index contributed by atoms with van der Waals surface area (Å²) >= 11 is 5.93. The molecular weight excluding hydrogens is 740 g/mol. The summed E-state index contributed by atoms with van der Waals surface area (Å²) in [5.74, 6) is 1.64. The van der Waals surface area contributed by atoms with Crippen LogP contribution in [0.1, 0.15) is 77.0 Å². The van der Waals surface area contributed by atoms with Gasteiger partial charge < -0.3 is 44.1 Å². The van der Waals surface area contributed by atoms with Crippen LogP contribution in [0, 0.1) is 35.5 Å². The first-order valence-electron chi connectivity index (χ1n) is 20.5. The summed E-state index contributed by atoms with van der Waals surface area (Å²) in [7, 11) is 0. The van der Waals surface area contributed by atoms with Crippen LogP contribution in [0.15, 0.2) is 66.7 Å². The number of aliphatic hydroxyl groups is 3. The Morgan fingerprint density at radius 2 is 1.43 bits per heavy atom. The van der Waals surface area contributed by atoms with Gasteiger partial charge in [0.05, 0.1) is 24.4 Å². The molecule has 4 aliphatic rings. The van der Waals surface area contributed by atoms with E-state index in [1.807, 2.05) is 36.4 Å². The van der Waals surface area contributed by atoms with Gasteiger partial charge in [-0.3, -0.25) is 9.59 Å². The zero-order chi connectivity index (χ0) is 39.4. The molecule has 11 nitrogen and oxygen atoms in total. The van der Waals surface area contributed by atoms with E-state index in [0.29, 0.717) is 79.6 Å². The summed E-state index contributed by atoms with van der Waals surface area (Å²) in [6.07, 6.45) is 9.19. The Bertz CT molecular complexity index is 1540. The summed E-state index contributed by atoms with van der Waals surface area (Å²) in [4.78, 5) is 24.1. The van der Waals surface area contributed by atoms with Crippen molar-refractivity contribution >= 4 is 23.5 Å². The molecule has 12 heteroatoms. The highest BCUT2D eigenvalue weighted by molar-refractivity contribution is 6.30. The Balaban J connectivity index is 0.918. The van der Waals surface area contributed by atoms with Crippen LogP contribution in [0.2, 0.25) is 5.02 Å². The van der Waals surface area contributed by atoms with E-state index in [0.717, 1.165) is 32.1 Å². The van der Waals surface area contributed by atoms with E-state index in [4.69, 9.17) is 40.4 Å². The molecule has 4 saturated carbocycles. The standard InChI is InChI=1S/C44H59ClO11/c45-30-10-14-34(15-11-30)55-27-31(46)12-16-37-39-24-35(20-28(39)22-41(37)48)53-19-5-9-44(51)56-42-23-29-21-36(52-18-4-8-43(49)50)25-40(29)38(42)17-13-32(47)26-54-33-6-2-1-3-7-33/h1-3,6-7,10-12,14-16,28-29,31-32,35-42,46-48H,4-5,8-9,13,17-27H2,(H,49,50)/t28-,29+,31?,32?,35?,36?,37+,38+,39-,40-,41+,42+/m1/s1. The average Bonchev–Trinajstić information content (AvgIpc) is 3.92. The molecule has 2 aromatic rings. The van der Waals surface area contributed by atoms with E-state index < -0.39 is 24.3 Å². The SMILES string of the molecule is O=C(O)CCCOC1C[C@H]2C[C@H](OC(=O)CCCOC3C[C@@H]4C[C@H](O)[C@@H](C=CC(O)COc5ccc(Cl)cc5)[C@@H]4C3)[C@@H](CCC(O)COc3ccccc3)[C@@H]2C1. The molecule has 56 heavy (non-hydrogen) atoms. The number of ether oxygens (including phenoxy) is 5. The third kappa shape index (κ3) is 12.4. The number of hydrogen-bond donors (Lipinski definition) is 4. The number of carboxylic acids is 1. The Labute approximate surface area is 335 Å². The third-order valence-corrected chi connectivity index (χ3v) is 12.6. The lowest BCUT2D eigenvalue weighted by Crippen LogP contribution is -2.28. The number of aliphatic hydroxyl groups excluding tert-OH is 3. The number of carboxylic acid groups (broad SMARTS) is 1. The minimum absolute atomic E-state index is 0.0520. The van der Waals surface area contributed by atoms with Crippen LogP contribution in [-0.4, -0.2) is 95.4 Å². The van der Waals surface area contributed by atoms with Crippen molar-refractivity contribution in [3.8, 4) is 11.5 Å². The summed E-state index contributed by atoms with van der Waals surface area (Å²) in [5, 5.41) is 41.6. The molecular formula is C44H59ClO11. The molecule has 0 aromatic heterocycles. The summed E-state index contributed by atoms with van der Waals surface area (Å²) in [5.41, 5.74) is 0. The lowest BCUT2D eigenvalue weighted by Gasteiger charge is -2.26. The fourth-order valence-corrected chi connectivity index (χ4v) is 9.82. The van der Waals surface area contributed by atoms with Gasteiger partial charge in [-0.05, 0) is 130 Å². The number of carbonyl (C=O) groups excluding carboxylic acids is 1. The van der Waals surface area contributed by atoms with Gasteiger partial charge in [-0.15, -0.1) is 0 Å². The minimum Gasteiger partial charge on any atom is -0.491 e. The predicted molar refractivity (Wildman–Crippen MR) is 209 cm³/mol. The van der Waals surface area contributed by atoms with Crippen molar-refractivity contribution in [3.63, 3.8) is 0 Å². The smallest absolute Gasteiger partial charge is 0.306 e.